The average molecular weight is 677 g/mol. The number of fused-ring (bicyclic) bond motifs is 1. The lowest BCUT2D eigenvalue weighted by Gasteiger charge is -2.32. The Balaban J connectivity index is 0.000000276. The van der Waals surface area contributed by atoms with E-state index >= 15 is 0 Å². The summed E-state index contributed by atoms with van der Waals surface area (Å²) in [4.78, 5) is 24.4. The van der Waals surface area contributed by atoms with Gasteiger partial charge in [0.15, 0.2) is 0 Å². The molecule has 6 heteroatoms. The number of hydrogen-bond acceptors (Lipinski definition) is 6. The van der Waals surface area contributed by atoms with Gasteiger partial charge in [0.05, 0.1) is 10.8 Å². The molecule has 1 aliphatic carbocycles. The van der Waals surface area contributed by atoms with Crippen molar-refractivity contribution in [1.29, 1.82) is 0 Å². The molecule has 0 bridgehead atoms. The summed E-state index contributed by atoms with van der Waals surface area (Å²) in [5, 5.41) is 10.8. The van der Waals surface area contributed by atoms with Crippen molar-refractivity contribution < 1.29 is 28.9 Å². The second kappa shape index (κ2) is 17.9. The van der Waals surface area contributed by atoms with Crippen LogP contribution in [0.3, 0.4) is 0 Å². The summed E-state index contributed by atoms with van der Waals surface area (Å²) in [5.41, 5.74) is 0.0477. The number of carbonyl (C=O) groups is 2. The van der Waals surface area contributed by atoms with Crippen molar-refractivity contribution in [2.75, 3.05) is 0 Å². The van der Waals surface area contributed by atoms with Crippen LogP contribution >= 0.6 is 0 Å². The zero-order valence-electron chi connectivity index (χ0n) is 32.5. The van der Waals surface area contributed by atoms with Gasteiger partial charge in [-0.3, -0.25) is 9.59 Å². The van der Waals surface area contributed by atoms with Crippen LogP contribution in [-0.2, 0) is 14.3 Å². The number of esters is 2. The van der Waals surface area contributed by atoms with Crippen LogP contribution in [0.5, 0.6) is 17.2 Å². The molecular weight excluding hydrogens is 612 g/mol. The molecule has 0 spiro atoms. The maximum atomic E-state index is 12.4. The predicted molar refractivity (Wildman–Crippen MR) is 203 cm³/mol. The Bertz CT molecular complexity index is 1470. The molecule has 0 amide bonds. The minimum atomic E-state index is -0.498. The van der Waals surface area contributed by atoms with Gasteiger partial charge >= 0.3 is 11.9 Å². The third-order valence-electron chi connectivity index (χ3n) is 9.88. The number of phenols is 1. The molecule has 272 valence electrons. The van der Waals surface area contributed by atoms with Crippen LogP contribution in [-0.4, -0.2) is 28.2 Å². The van der Waals surface area contributed by atoms with Gasteiger partial charge in [0.1, 0.15) is 28.5 Å². The maximum Gasteiger partial charge on any atom is 0.316 e. The molecule has 1 aliphatic rings. The first-order valence-electron chi connectivity index (χ1n) is 18.3. The van der Waals surface area contributed by atoms with E-state index in [0.29, 0.717) is 17.4 Å². The minimum absolute atomic E-state index is 0.0197. The molecule has 1 atom stereocenters. The average Bonchev–Trinajstić information content (AvgIpc) is 3.53. The van der Waals surface area contributed by atoms with Crippen molar-refractivity contribution >= 4 is 22.7 Å². The lowest BCUT2D eigenvalue weighted by molar-refractivity contribution is -0.170. The molecule has 4 rings (SSSR count). The van der Waals surface area contributed by atoms with Gasteiger partial charge in [0, 0.05) is 10.8 Å². The Kier molecular flexibility index (Phi) is 15.2. The molecule has 3 aromatic carbocycles. The van der Waals surface area contributed by atoms with E-state index in [1.54, 1.807) is 12.1 Å². The van der Waals surface area contributed by atoms with Crippen molar-refractivity contribution in [2.24, 2.45) is 10.8 Å². The van der Waals surface area contributed by atoms with E-state index in [2.05, 4.69) is 20.8 Å². The Morgan fingerprint density at radius 3 is 1.69 bits per heavy atom. The number of aromatic hydroxyl groups is 1. The number of benzene rings is 3. The van der Waals surface area contributed by atoms with Gasteiger partial charge in [-0.25, -0.2) is 0 Å². The quantitative estimate of drug-likeness (QED) is 0.170. The third kappa shape index (κ3) is 12.4. The molecule has 1 N–H and O–H groups in total. The largest absolute Gasteiger partial charge is 0.508 e. The van der Waals surface area contributed by atoms with Gasteiger partial charge in [-0.05, 0) is 136 Å². The normalized spacial score (nSPS) is 14.9. The first kappa shape index (κ1) is 41.6. The van der Waals surface area contributed by atoms with E-state index < -0.39 is 5.41 Å². The molecule has 0 aromatic heterocycles. The van der Waals surface area contributed by atoms with Gasteiger partial charge < -0.3 is 19.3 Å². The SMILES string of the molecule is CCC(C)(C)C(=O)Oc1cccc2c(OC(C)(C)C)cccc12.CCC(C)c1ccc(O)cc1.CCC1(OC(=O)C(C)(C)CC)CCCC1. The van der Waals surface area contributed by atoms with Crippen molar-refractivity contribution in [1.82, 2.24) is 0 Å². The molecule has 1 unspecified atom stereocenters. The second-order valence-electron chi connectivity index (χ2n) is 15.7. The molecule has 0 radical (unpaired) electrons. The molecular formula is C43H64O6. The second-order valence-corrected chi connectivity index (χ2v) is 15.7. The van der Waals surface area contributed by atoms with Crippen molar-refractivity contribution in [3.8, 4) is 17.2 Å². The van der Waals surface area contributed by atoms with Crippen LogP contribution in [0.25, 0.3) is 10.8 Å². The topological polar surface area (TPSA) is 82.1 Å². The van der Waals surface area contributed by atoms with Gasteiger partial charge in [0.25, 0.3) is 0 Å². The number of carbonyl (C=O) groups excluding carboxylic acids is 2. The van der Waals surface area contributed by atoms with Crippen LogP contribution in [0.1, 0.15) is 146 Å². The lowest BCUT2D eigenvalue weighted by Crippen LogP contribution is -2.37. The molecule has 6 nitrogen and oxygen atoms in total. The highest BCUT2D eigenvalue weighted by molar-refractivity contribution is 5.95. The maximum absolute atomic E-state index is 12.4. The Hall–Kier alpha value is -3.54. The smallest absolute Gasteiger partial charge is 0.316 e. The monoisotopic (exact) mass is 676 g/mol. The molecule has 0 saturated heterocycles. The Labute approximate surface area is 296 Å². The summed E-state index contributed by atoms with van der Waals surface area (Å²) in [5.74, 6) is 2.08. The zero-order valence-corrected chi connectivity index (χ0v) is 32.5. The van der Waals surface area contributed by atoms with Gasteiger partial charge in [-0.15, -0.1) is 0 Å². The van der Waals surface area contributed by atoms with Crippen LogP contribution in [0.2, 0.25) is 0 Å². The minimum Gasteiger partial charge on any atom is -0.508 e. The fraction of sp³-hybridized carbons (Fsp3) is 0.581. The van der Waals surface area contributed by atoms with Crippen molar-refractivity contribution in [2.45, 2.75) is 152 Å². The molecule has 1 fully saturated rings. The highest BCUT2D eigenvalue weighted by Crippen LogP contribution is 2.38. The van der Waals surface area contributed by atoms with Gasteiger partial charge in [0.2, 0.25) is 0 Å². The van der Waals surface area contributed by atoms with E-state index in [-0.39, 0.29) is 28.6 Å². The summed E-state index contributed by atoms with van der Waals surface area (Å²) in [6.07, 6.45) is 8.18. The number of ether oxygens (including phenoxy) is 3. The molecule has 49 heavy (non-hydrogen) atoms. The summed E-state index contributed by atoms with van der Waals surface area (Å²) in [7, 11) is 0. The van der Waals surface area contributed by atoms with E-state index in [4.69, 9.17) is 19.3 Å². The lowest BCUT2D eigenvalue weighted by atomic mass is 9.89. The van der Waals surface area contributed by atoms with Crippen molar-refractivity contribution in [3.63, 3.8) is 0 Å². The van der Waals surface area contributed by atoms with E-state index in [9.17, 15) is 9.59 Å². The summed E-state index contributed by atoms with van der Waals surface area (Å²) in [6, 6.07) is 18.9. The third-order valence-corrected chi connectivity index (χ3v) is 9.88. The first-order chi connectivity index (χ1) is 22.8. The fourth-order valence-corrected chi connectivity index (χ4v) is 5.21. The predicted octanol–water partition coefficient (Wildman–Crippen LogP) is 12.0. The van der Waals surface area contributed by atoms with Crippen molar-refractivity contribution in [3.05, 3.63) is 66.2 Å². The Morgan fingerprint density at radius 2 is 1.22 bits per heavy atom. The van der Waals surface area contributed by atoms with Crippen LogP contribution in [0.4, 0.5) is 0 Å². The number of phenolic OH excluding ortho intramolecular Hbond substituents is 1. The number of rotatable bonds is 10. The first-order valence-corrected chi connectivity index (χ1v) is 18.3. The summed E-state index contributed by atoms with van der Waals surface area (Å²) in [6.45, 7) is 24.3. The summed E-state index contributed by atoms with van der Waals surface area (Å²) >= 11 is 0. The van der Waals surface area contributed by atoms with E-state index in [1.807, 2.05) is 111 Å². The van der Waals surface area contributed by atoms with Crippen LogP contribution in [0, 0.1) is 10.8 Å². The Morgan fingerprint density at radius 1 is 0.735 bits per heavy atom. The van der Waals surface area contributed by atoms with E-state index in [0.717, 1.165) is 55.0 Å². The highest BCUT2D eigenvalue weighted by atomic mass is 16.6. The van der Waals surface area contributed by atoms with Crippen LogP contribution < -0.4 is 9.47 Å². The van der Waals surface area contributed by atoms with Crippen LogP contribution in [0.15, 0.2) is 60.7 Å². The number of hydrogen-bond donors (Lipinski definition) is 1. The molecule has 0 heterocycles. The van der Waals surface area contributed by atoms with E-state index in [1.165, 1.54) is 18.4 Å². The van der Waals surface area contributed by atoms with Gasteiger partial charge in [-0.1, -0.05) is 71.0 Å². The molecule has 0 aliphatic heterocycles. The standard InChI is InChI=1S/C20H26O3.C13H24O2.C10H14O/c1-7-20(5,6)18(21)22-16-12-8-11-15-14(16)10-9-13-17(15)23-19(2,3)4;1-5-12(3,4)11(14)15-13(6-2)9-7-8-10-13;1-3-8(2)9-4-6-10(11)7-5-9/h8-13H,7H2,1-6H3;5-10H2,1-4H3;4-8,11H,3H2,1-2H3. The zero-order chi connectivity index (χ0) is 37.0. The summed E-state index contributed by atoms with van der Waals surface area (Å²) < 4.78 is 17.5. The molecule has 3 aromatic rings. The highest BCUT2D eigenvalue weighted by Gasteiger charge is 2.39. The molecule has 1 saturated carbocycles. The van der Waals surface area contributed by atoms with Gasteiger partial charge in [-0.2, -0.15) is 0 Å². The fourth-order valence-electron chi connectivity index (χ4n) is 5.21.